The SMILES string of the molecule is CSC1N=C2C(=CC=CN2CCC(N)=O)O1. The van der Waals surface area contributed by atoms with Crippen LogP contribution in [-0.2, 0) is 9.53 Å². The van der Waals surface area contributed by atoms with Crippen LogP contribution in [0.5, 0.6) is 0 Å². The number of hydrogen-bond acceptors (Lipinski definition) is 5. The Morgan fingerprint density at radius 3 is 3.25 bits per heavy atom. The van der Waals surface area contributed by atoms with E-state index in [0.29, 0.717) is 13.0 Å². The molecule has 0 aromatic carbocycles. The molecule has 0 saturated heterocycles. The molecule has 2 heterocycles. The van der Waals surface area contributed by atoms with Crippen molar-refractivity contribution in [3.05, 3.63) is 24.1 Å². The fraction of sp³-hybridized carbons (Fsp3) is 0.400. The number of allylic oxidation sites excluding steroid dienone is 2. The lowest BCUT2D eigenvalue weighted by atomic mass is 10.2. The van der Waals surface area contributed by atoms with Crippen LogP contribution in [0.15, 0.2) is 29.1 Å². The third kappa shape index (κ3) is 2.21. The first kappa shape index (κ1) is 11.1. The monoisotopic (exact) mass is 239 g/mol. The first-order valence-electron chi connectivity index (χ1n) is 4.92. The predicted molar refractivity (Wildman–Crippen MR) is 63.6 cm³/mol. The van der Waals surface area contributed by atoms with Gasteiger partial charge in [-0.15, -0.1) is 0 Å². The Morgan fingerprint density at radius 2 is 2.56 bits per heavy atom. The van der Waals surface area contributed by atoms with Crippen molar-refractivity contribution in [2.24, 2.45) is 10.7 Å². The molecule has 2 N–H and O–H groups in total. The Bertz CT molecular complexity index is 390. The highest BCUT2D eigenvalue weighted by Gasteiger charge is 2.28. The number of primary amides is 1. The number of hydrogen-bond donors (Lipinski definition) is 1. The molecule has 2 aliphatic heterocycles. The van der Waals surface area contributed by atoms with Crippen LogP contribution >= 0.6 is 11.8 Å². The molecular formula is C10H13N3O2S. The smallest absolute Gasteiger partial charge is 0.240 e. The van der Waals surface area contributed by atoms with Crippen molar-refractivity contribution in [3.8, 4) is 0 Å². The molecule has 6 heteroatoms. The highest BCUT2D eigenvalue weighted by Crippen LogP contribution is 2.27. The average Bonchev–Trinajstić information content (AvgIpc) is 2.69. The summed E-state index contributed by atoms with van der Waals surface area (Å²) in [4.78, 5) is 17.0. The Balaban J connectivity index is 2.07. The molecule has 86 valence electrons. The molecule has 0 radical (unpaired) electrons. The Hall–Kier alpha value is -1.43. The summed E-state index contributed by atoms with van der Waals surface area (Å²) in [5, 5.41) is 0. The van der Waals surface area contributed by atoms with Crippen LogP contribution in [0.25, 0.3) is 0 Å². The van der Waals surface area contributed by atoms with Gasteiger partial charge in [-0.1, -0.05) is 11.8 Å². The zero-order valence-corrected chi connectivity index (χ0v) is 9.74. The topological polar surface area (TPSA) is 67.9 Å². The number of amidine groups is 1. The normalized spacial score (nSPS) is 22.3. The summed E-state index contributed by atoms with van der Waals surface area (Å²) >= 11 is 1.53. The summed E-state index contributed by atoms with van der Waals surface area (Å²) < 4.78 is 5.56. The fourth-order valence-electron chi connectivity index (χ4n) is 1.50. The van der Waals surface area contributed by atoms with Crippen molar-refractivity contribution in [2.75, 3.05) is 12.8 Å². The van der Waals surface area contributed by atoms with Crippen molar-refractivity contribution < 1.29 is 9.53 Å². The van der Waals surface area contributed by atoms with Crippen molar-refractivity contribution in [3.63, 3.8) is 0 Å². The van der Waals surface area contributed by atoms with Crippen LogP contribution < -0.4 is 5.73 Å². The Labute approximate surface area is 98.0 Å². The number of fused-ring (bicyclic) bond motifs is 1. The van der Waals surface area contributed by atoms with Crippen LogP contribution in [0.4, 0.5) is 0 Å². The highest BCUT2D eigenvalue weighted by atomic mass is 32.2. The van der Waals surface area contributed by atoms with Crippen LogP contribution in [-0.4, -0.2) is 35.0 Å². The molecule has 1 unspecified atom stereocenters. The maximum Gasteiger partial charge on any atom is 0.240 e. The number of carbonyl (C=O) groups is 1. The van der Waals surface area contributed by atoms with E-state index in [2.05, 4.69) is 4.99 Å². The number of nitrogens with two attached hydrogens (primary N) is 1. The second kappa shape index (κ2) is 4.61. The van der Waals surface area contributed by atoms with Gasteiger partial charge in [-0.3, -0.25) is 4.79 Å². The molecule has 0 aromatic rings. The van der Waals surface area contributed by atoms with E-state index in [1.54, 1.807) is 0 Å². The van der Waals surface area contributed by atoms with Crippen LogP contribution in [0.3, 0.4) is 0 Å². The van der Waals surface area contributed by atoms with Crippen molar-refractivity contribution in [2.45, 2.75) is 12.0 Å². The first-order chi connectivity index (χ1) is 7.70. The molecular weight excluding hydrogens is 226 g/mol. The van der Waals surface area contributed by atoms with Crippen molar-refractivity contribution in [1.82, 2.24) is 4.90 Å². The molecule has 1 amide bonds. The molecule has 16 heavy (non-hydrogen) atoms. The van der Waals surface area contributed by atoms with Gasteiger partial charge in [0, 0.05) is 19.2 Å². The van der Waals surface area contributed by atoms with Crippen LogP contribution in [0.1, 0.15) is 6.42 Å². The molecule has 0 aromatic heterocycles. The molecule has 0 fully saturated rings. The standard InChI is InChI=1S/C10H13N3O2S/c1-16-10-12-9-7(15-10)3-2-5-13(9)6-4-8(11)14/h2-3,5,10H,4,6H2,1H3,(H2,11,14). The summed E-state index contributed by atoms with van der Waals surface area (Å²) in [5.74, 6) is 1.22. The molecule has 0 aliphatic carbocycles. The summed E-state index contributed by atoms with van der Waals surface area (Å²) in [6.45, 7) is 0.534. The van der Waals surface area contributed by atoms with Gasteiger partial charge in [0.25, 0.3) is 0 Å². The molecule has 2 aliphatic rings. The number of ether oxygens (including phenoxy) is 1. The van der Waals surface area contributed by atoms with E-state index in [4.69, 9.17) is 10.5 Å². The third-order valence-corrected chi connectivity index (χ3v) is 2.87. The van der Waals surface area contributed by atoms with Gasteiger partial charge in [0.2, 0.25) is 11.5 Å². The number of rotatable bonds is 4. The molecule has 0 bridgehead atoms. The minimum Gasteiger partial charge on any atom is -0.455 e. The van der Waals surface area contributed by atoms with Crippen molar-refractivity contribution >= 4 is 23.5 Å². The zero-order valence-electron chi connectivity index (χ0n) is 8.92. The molecule has 2 rings (SSSR count). The van der Waals surface area contributed by atoms with Gasteiger partial charge >= 0.3 is 0 Å². The first-order valence-corrected chi connectivity index (χ1v) is 6.20. The molecule has 0 spiro atoms. The summed E-state index contributed by atoms with van der Waals surface area (Å²) in [5.41, 5.74) is 4.94. The third-order valence-electron chi connectivity index (χ3n) is 2.26. The van der Waals surface area contributed by atoms with Gasteiger partial charge < -0.3 is 15.4 Å². The van der Waals surface area contributed by atoms with E-state index >= 15 is 0 Å². The lowest BCUT2D eigenvalue weighted by molar-refractivity contribution is -0.118. The van der Waals surface area contributed by atoms with Crippen LogP contribution in [0.2, 0.25) is 0 Å². The highest BCUT2D eigenvalue weighted by molar-refractivity contribution is 7.99. The van der Waals surface area contributed by atoms with E-state index < -0.39 is 0 Å². The number of nitrogens with zero attached hydrogens (tertiary/aromatic N) is 2. The van der Waals surface area contributed by atoms with Gasteiger partial charge in [0.1, 0.15) is 0 Å². The lowest BCUT2D eigenvalue weighted by Crippen LogP contribution is -2.31. The Kier molecular flexibility index (Phi) is 3.19. The van der Waals surface area contributed by atoms with Gasteiger partial charge in [-0.05, 0) is 18.4 Å². The Morgan fingerprint density at radius 1 is 1.75 bits per heavy atom. The largest absolute Gasteiger partial charge is 0.455 e. The maximum atomic E-state index is 10.7. The van der Waals surface area contributed by atoms with Gasteiger partial charge in [-0.2, -0.15) is 0 Å². The number of aliphatic imine (C=N–C) groups is 1. The van der Waals surface area contributed by atoms with Gasteiger partial charge in [0.15, 0.2) is 11.6 Å². The lowest BCUT2D eigenvalue weighted by Gasteiger charge is -2.21. The number of amides is 1. The summed E-state index contributed by atoms with van der Waals surface area (Å²) in [6, 6.07) is 0. The summed E-state index contributed by atoms with van der Waals surface area (Å²) in [6.07, 6.45) is 7.86. The second-order valence-corrected chi connectivity index (χ2v) is 4.27. The number of carbonyl (C=O) groups excluding carboxylic acids is 1. The number of thioether (sulfide) groups is 1. The predicted octanol–water partition coefficient (Wildman–Crippen LogP) is 0.650. The van der Waals surface area contributed by atoms with E-state index in [9.17, 15) is 4.79 Å². The van der Waals surface area contributed by atoms with Gasteiger partial charge in [-0.25, -0.2) is 4.99 Å². The minimum atomic E-state index is -0.314. The average molecular weight is 239 g/mol. The molecule has 1 atom stereocenters. The zero-order chi connectivity index (χ0) is 11.5. The quantitative estimate of drug-likeness (QED) is 0.782. The van der Waals surface area contributed by atoms with Crippen LogP contribution in [0, 0.1) is 0 Å². The molecule has 5 nitrogen and oxygen atoms in total. The van der Waals surface area contributed by atoms with E-state index in [1.807, 2.05) is 29.5 Å². The molecule has 0 saturated carbocycles. The maximum absolute atomic E-state index is 10.7. The van der Waals surface area contributed by atoms with E-state index in [0.717, 1.165) is 11.6 Å². The van der Waals surface area contributed by atoms with E-state index in [-0.39, 0.29) is 11.5 Å². The van der Waals surface area contributed by atoms with Crippen molar-refractivity contribution in [1.29, 1.82) is 0 Å². The minimum absolute atomic E-state index is 0.183. The second-order valence-electron chi connectivity index (χ2n) is 3.40. The van der Waals surface area contributed by atoms with E-state index in [1.165, 1.54) is 11.8 Å². The fourth-order valence-corrected chi connectivity index (χ4v) is 1.90. The van der Waals surface area contributed by atoms with Gasteiger partial charge in [0.05, 0.1) is 0 Å². The summed E-state index contributed by atoms with van der Waals surface area (Å²) in [7, 11) is 0.